The summed E-state index contributed by atoms with van der Waals surface area (Å²) in [6.07, 6.45) is 3.49. The standard InChI is InChI=1S/C9H12N2O3/c1-2-3-14-6-8-10-4-7(5-11-8)9(12)13/h4-5H,2-3,6H2,1H3,(H,12,13). The molecule has 1 aromatic heterocycles. The molecule has 0 unspecified atom stereocenters. The number of carboxylic acids is 1. The Morgan fingerprint density at radius 1 is 1.50 bits per heavy atom. The normalized spacial score (nSPS) is 10.1. The van der Waals surface area contributed by atoms with Crippen molar-refractivity contribution in [3.8, 4) is 0 Å². The zero-order valence-corrected chi connectivity index (χ0v) is 7.93. The van der Waals surface area contributed by atoms with Gasteiger partial charge in [0, 0.05) is 19.0 Å². The Kier molecular flexibility index (Phi) is 4.00. The SMILES string of the molecule is CCCOCc1ncc(C(=O)O)cn1. The Morgan fingerprint density at radius 3 is 2.64 bits per heavy atom. The van der Waals surface area contributed by atoms with Gasteiger partial charge in [0.1, 0.15) is 6.61 Å². The van der Waals surface area contributed by atoms with E-state index < -0.39 is 5.97 Å². The highest BCUT2D eigenvalue weighted by Crippen LogP contribution is 1.97. The van der Waals surface area contributed by atoms with Crippen LogP contribution in [-0.2, 0) is 11.3 Å². The molecular weight excluding hydrogens is 184 g/mol. The van der Waals surface area contributed by atoms with E-state index in [4.69, 9.17) is 9.84 Å². The molecule has 0 fully saturated rings. The van der Waals surface area contributed by atoms with Crippen LogP contribution in [0.15, 0.2) is 12.4 Å². The summed E-state index contributed by atoms with van der Waals surface area (Å²) in [5.74, 6) is -0.519. The third kappa shape index (κ3) is 3.10. The third-order valence-corrected chi connectivity index (χ3v) is 1.53. The third-order valence-electron chi connectivity index (χ3n) is 1.53. The molecule has 0 spiro atoms. The van der Waals surface area contributed by atoms with Crippen LogP contribution in [0.4, 0.5) is 0 Å². The zero-order chi connectivity index (χ0) is 10.4. The number of rotatable bonds is 5. The minimum Gasteiger partial charge on any atom is -0.478 e. The average molecular weight is 196 g/mol. The highest BCUT2D eigenvalue weighted by molar-refractivity contribution is 5.86. The summed E-state index contributed by atoms with van der Waals surface area (Å²) in [6, 6.07) is 0. The van der Waals surface area contributed by atoms with Gasteiger partial charge >= 0.3 is 5.97 Å². The van der Waals surface area contributed by atoms with Gasteiger partial charge in [-0.1, -0.05) is 6.92 Å². The van der Waals surface area contributed by atoms with Crippen molar-refractivity contribution in [3.05, 3.63) is 23.8 Å². The fraction of sp³-hybridized carbons (Fsp3) is 0.444. The van der Waals surface area contributed by atoms with Gasteiger partial charge in [-0.3, -0.25) is 0 Å². The smallest absolute Gasteiger partial charge is 0.338 e. The van der Waals surface area contributed by atoms with E-state index in [1.165, 1.54) is 12.4 Å². The average Bonchev–Trinajstić information content (AvgIpc) is 2.19. The second kappa shape index (κ2) is 5.29. The summed E-state index contributed by atoms with van der Waals surface area (Å²) in [6.45, 7) is 2.99. The van der Waals surface area contributed by atoms with Crippen LogP contribution in [0, 0.1) is 0 Å². The van der Waals surface area contributed by atoms with Crippen molar-refractivity contribution in [2.75, 3.05) is 6.61 Å². The molecule has 1 N–H and O–H groups in total. The molecule has 5 heteroatoms. The Balaban J connectivity index is 2.51. The predicted octanol–water partition coefficient (Wildman–Crippen LogP) is 1.10. The first-order valence-corrected chi connectivity index (χ1v) is 4.36. The summed E-state index contributed by atoms with van der Waals surface area (Å²) in [4.78, 5) is 18.2. The van der Waals surface area contributed by atoms with E-state index in [1.54, 1.807) is 0 Å². The highest BCUT2D eigenvalue weighted by Gasteiger charge is 2.03. The van der Waals surface area contributed by atoms with E-state index in [-0.39, 0.29) is 5.56 Å². The Hall–Kier alpha value is -1.49. The van der Waals surface area contributed by atoms with Crippen LogP contribution < -0.4 is 0 Å². The molecule has 0 aromatic carbocycles. The first kappa shape index (κ1) is 10.6. The van der Waals surface area contributed by atoms with Gasteiger partial charge in [-0.15, -0.1) is 0 Å². The molecule has 1 rings (SSSR count). The molecule has 1 heterocycles. The molecule has 0 radical (unpaired) electrons. The van der Waals surface area contributed by atoms with Crippen molar-refractivity contribution in [2.45, 2.75) is 20.0 Å². The Morgan fingerprint density at radius 2 is 2.14 bits per heavy atom. The topological polar surface area (TPSA) is 72.3 Å². The second-order valence-corrected chi connectivity index (χ2v) is 2.75. The van der Waals surface area contributed by atoms with Gasteiger partial charge in [0.15, 0.2) is 5.82 Å². The lowest BCUT2D eigenvalue weighted by atomic mass is 10.3. The molecule has 14 heavy (non-hydrogen) atoms. The molecule has 76 valence electrons. The van der Waals surface area contributed by atoms with Crippen LogP contribution in [0.5, 0.6) is 0 Å². The van der Waals surface area contributed by atoms with Crippen LogP contribution in [-0.4, -0.2) is 27.7 Å². The zero-order valence-electron chi connectivity index (χ0n) is 7.93. The summed E-state index contributed by atoms with van der Waals surface area (Å²) in [7, 11) is 0. The highest BCUT2D eigenvalue weighted by atomic mass is 16.5. The molecule has 0 amide bonds. The molecule has 1 aromatic rings. The number of nitrogens with zero attached hydrogens (tertiary/aromatic N) is 2. The summed E-state index contributed by atoms with van der Waals surface area (Å²) in [5.41, 5.74) is 0.0873. The molecular formula is C9H12N2O3. The molecule has 0 saturated heterocycles. The lowest BCUT2D eigenvalue weighted by Gasteiger charge is -2.00. The Labute approximate surface area is 81.8 Å². The van der Waals surface area contributed by atoms with Crippen molar-refractivity contribution >= 4 is 5.97 Å². The maximum Gasteiger partial charge on any atom is 0.338 e. The largest absolute Gasteiger partial charge is 0.478 e. The van der Waals surface area contributed by atoms with Gasteiger partial charge in [0.2, 0.25) is 0 Å². The van der Waals surface area contributed by atoms with Crippen LogP contribution in [0.25, 0.3) is 0 Å². The van der Waals surface area contributed by atoms with Crippen molar-refractivity contribution in [3.63, 3.8) is 0 Å². The number of carbonyl (C=O) groups is 1. The molecule has 0 atom stereocenters. The van der Waals surface area contributed by atoms with E-state index in [1.807, 2.05) is 6.92 Å². The van der Waals surface area contributed by atoms with Gasteiger partial charge in [0.05, 0.1) is 5.56 Å². The molecule has 0 saturated carbocycles. The summed E-state index contributed by atoms with van der Waals surface area (Å²) < 4.78 is 5.20. The number of hydrogen-bond donors (Lipinski definition) is 1. The van der Waals surface area contributed by atoms with Gasteiger partial charge in [0.25, 0.3) is 0 Å². The van der Waals surface area contributed by atoms with Crippen molar-refractivity contribution in [2.24, 2.45) is 0 Å². The van der Waals surface area contributed by atoms with E-state index >= 15 is 0 Å². The number of ether oxygens (including phenoxy) is 1. The number of hydrogen-bond acceptors (Lipinski definition) is 4. The maximum absolute atomic E-state index is 10.5. The fourth-order valence-corrected chi connectivity index (χ4v) is 0.848. The van der Waals surface area contributed by atoms with Crippen LogP contribution in [0.3, 0.4) is 0 Å². The van der Waals surface area contributed by atoms with Gasteiger partial charge in [-0.2, -0.15) is 0 Å². The number of carboxylic acid groups (broad SMARTS) is 1. The minimum absolute atomic E-state index is 0.0873. The number of aromatic carboxylic acids is 1. The second-order valence-electron chi connectivity index (χ2n) is 2.75. The summed E-state index contributed by atoms with van der Waals surface area (Å²) in [5, 5.41) is 8.58. The Bertz CT molecular complexity index is 297. The molecule has 0 bridgehead atoms. The number of aromatic nitrogens is 2. The van der Waals surface area contributed by atoms with E-state index in [0.717, 1.165) is 6.42 Å². The van der Waals surface area contributed by atoms with Crippen LogP contribution >= 0.6 is 0 Å². The molecule has 5 nitrogen and oxygen atoms in total. The van der Waals surface area contributed by atoms with Crippen molar-refractivity contribution in [1.29, 1.82) is 0 Å². The lowest BCUT2D eigenvalue weighted by Crippen LogP contribution is -2.03. The molecule has 0 aliphatic carbocycles. The molecule has 0 aliphatic heterocycles. The van der Waals surface area contributed by atoms with Gasteiger partial charge in [-0.05, 0) is 6.42 Å². The first-order chi connectivity index (χ1) is 6.74. The van der Waals surface area contributed by atoms with Crippen LogP contribution in [0.2, 0.25) is 0 Å². The van der Waals surface area contributed by atoms with Crippen molar-refractivity contribution in [1.82, 2.24) is 9.97 Å². The lowest BCUT2D eigenvalue weighted by molar-refractivity contribution is 0.0695. The van der Waals surface area contributed by atoms with Crippen LogP contribution in [0.1, 0.15) is 29.5 Å². The molecule has 0 aliphatic rings. The maximum atomic E-state index is 10.5. The van der Waals surface area contributed by atoms with Crippen molar-refractivity contribution < 1.29 is 14.6 Å². The fourth-order valence-electron chi connectivity index (χ4n) is 0.848. The minimum atomic E-state index is -1.02. The van der Waals surface area contributed by atoms with E-state index in [9.17, 15) is 4.79 Å². The quantitative estimate of drug-likeness (QED) is 0.714. The first-order valence-electron chi connectivity index (χ1n) is 4.36. The van der Waals surface area contributed by atoms with E-state index in [0.29, 0.717) is 19.0 Å². The predicted molar refractivity (Wildman–Crippen MR) is 48.9 cm³/mol. The van der Waals surface area contributed by atoms with Gasteiger partial charge < -0.3 is 9.84 Å². The van der Waals surface area contributed by atoms with Gasteiger partial charge in [-0.25, -0.2) is 14.8 Å². The monoisotopic (exact) mass is 196 g/mol. The summed E-state index contributed by atoms with van der Waals surface area (Å²) >= 11 is 0. The van der Waals surface area contributed by atoms with E-state index in [2.05, 4.69) is 9.97 Å².